The molecule has 0 bridgehead atoms. The predicted molar refractivity (Wildman–Crippen MR) is 147 cm³/mol. The van der Waals surface area contributed by atoms with Crippen molar-refractivity contribution in [3.8, 4) is 5.75 Å². The molecule has 2 aromatic carbocycles. The number of unbranched alkanes of at least 4 members (excludes halogenated alkanes) is 3. The van der Waals surface area contributed by atoms with E-state index in [9.17, 15) is 18.4 Å². The summed E-state index contributed by atoms with van der Waals surface area (Å²) in [5, 5.41) is 6.60. The number of rotatable bonds is 12. The van der Waals surface area contributed by atoms with Gasteiger partial charge in [0.1, 0.15) is 5.75 Å². The Labute approximate surface area is 231 Å². The van der Waals surface area contributed by atoms with Crippen LogP contribution in [0.15, 0.2) is 48.5 Å². The predicted octanol–water partition coefficient (Wildman–Crippen LogP) is 6.13. The molecule has 2 N–H and O–H groups in total. The van der Waals surface area contributed by atoms with Gasteiger partial charge in [0.2, 0.25) is 5.91 Å². The minimum atomic E-state index is -2.88. The summed E-state index contributed by atoms with van der Waals surface area (Å²) in [6.07, 6.45) is 7.26. The Kier molecular flexibility index (Phi) is 12.1. The number of urea groups is 1. The number of amides is 3. The van der Waals surface area contributed by atoms with Crippen molar-refractivity contribution in [3.63, 3.8) is 0 Å². The highest BCUT2D eigenvalue weighted by Crippen LogP contribution is 2.23. The van der Waals surface area contributed by atoms with Crippen molar-refractivity contribution in [3.05, 3.63) is 64.1 Å². The standard InChI is InChI=1S/C27H32Cl2F2N4O3/c28-23-11-5-20(19-24(23)29)6-12-25(36)32-13-3-1-2-4-14-34-15-17-35(18-16-34)27(37)33-21-7-9-22(10-8-21)38-26(30)31/h5-12,19,26H,1-4,13-18H2,(H,32,36)(H,33,37)/b12-6+. The molecule has 3 rings (SSSR count). The molecular formula is C27H32Cl2F2N4O3. The van der Waals surface area contributed by atoms with Crippen LogP contribution in [0.2, 0.25) is 10.0 Å². The van der Waals surface area contributed by atoms with Crippen LogP contribution in [0, 0.1) is 0 Å². The van der Waals surface area contributed by atoms with E-state index < -0.39 is 6.61 Å². The van der Waals surface area contributed by atoms with Crippen LogP contribution in [0.5, 0.6) is 5.75 Å². The van der Waals surface area contributed by atoms with Crippen molar-refractivity contribution >= 4 is 46.9 Å². The van der Waals surface area contributed by atoms with E-state index in [-0.39, 0.29) is 17.7 Å². The third-order valence-electron chi connectivity index (χ3n) is 6.06. The van der Waals surface area contributed by atoms with Gasteiger partial charge < -0.3 is 20.3 Å². The topological polar surface area (TPSA) is 73.9 Å². The van der Waals surface area contributed by atoms with E-state index in [4.69, 9.17) is 23.2 Å². The second kappa shape index (κ2) is 15.5. The number of piperazine rings is 1. The lowest BCUT2D eigenvalue weighted by Crippen LogP contribution is -2.50. The molecule has 0 saturated carbocycles. The lowest BCUT2D eigenvalue weighted by Gasteiger charge is -2.34. The molecule has 0 unspecified atom stereocenters. The van der Waals surface area contributed by atoms with Crippen LogP contribution in [0.3, 0.4) is 0 Å². The van der Waals surface area contributed by atoms with Crippen molar-refractivity contribution in [1.82, 2.24) is 15.1 Å². The van der Waals surface area contributed by atoms with Gasteiger partial charge in [-0.25, -0.2) is 4.79 Å². The molecule has 3 amide bonds. The Morgan fingerprint density at radius 1 is 0.947 bits per heavy atom. The summed E-state index contributed by atoms with van der Waals surface area (Å²) >= 11 is 11.9. The first kappa shape index (κ1) is 29.7. The van der Waals surface area contributed by atoms with E-state index in [0.717, 1.165) is 50.9 Å². The molecule has 0 radical (unpaired) electrons. The lowest BCUT2D eigenvalue weighted by molar-refractivity contribution is -0.116. The number of halogens is 4. The Hall–Kier alpha value is -2.88. The van der Waals surface area contributed by atoms with E-state index in [0.29, 0.717) is 35.4 Å². The number of hydrogen-bond acceptors (Lipinski definition) is 4. The summed E-state index contributed by atoms with van der Waals surface area (Å²) < 4.78 is 28.8. The number of nitrogens with zero attached hydrogens (tertiary/aromatic N) is 2. The summed E-state index contributed by atoms with van der Waals surface area (Å²) in [6.45, 7) is 1.57. The molecule has 206 valence electrons. The minimum absolute atomic E-state index is 0.0462. The molecule has 1 aliphatic rings. The summed E-state index contributed by atoms with van der Waals surface area (Å²) in [7, 11) is 0. The van der Waals surface area contributed by atoms with Crippen molar-refractivity contribution < 1.29 is 23.1 Å². The van der Waals surface area contributed by atoms with E-state index in [1.165, 1.54) is 30.3 Å². The van der Waals surface area contributed by atoms with Gasteiger partial charge in [-0.3, -0.25) is 9.69 Å². The third-order valence-corrected chi connectivity index (χ3v) is 6.80. The number of alkyl halides is 2. The van der Waals surface area contributed by atoms with E-state index in [2.05, 4.69) is 20.3 Å². The molecule has 1 aliphatic heterocycles. The van der Waals surface area contributed by atoms with Crippen LogP contribution >= 0.6 is 23.2 Å². The molecule has 1 heterocycles. The van der Waals surface area contributed by atoms with Gasteiger partial charge in [0.25, 0.3) is 0 Å². The van der Waals surface area contributed by atoms with Gasteiger partial charge in [-0.2, -0.15) is 8.78 Å². The zero-order chi connectivity index (χ0) is 27.3. The lowest BCUT2D eigenvalue weighted by atomic mass is 10.1. The highest BCUT2D eigenvalue weighted by molar-refractivity contribution is 6.42. The van der Waals surface area contributed by atoms with E-state index >= 15 is 0 Å². The molecule has 38 heavy (non-hydrogen) atoms. The quantitative estimate of drug-likeness (QED) is 0.238. The maximum Gasteiger partial charge on any atom is 0.387 e. The largest absolute Gasteiger partial charge is 0.435 e. The van der Waals surface area contributed by atoms with E-state index in [1.54, 1.807) is 29.2 Å². The van der Waals surface area contributed by atoms with Gasteiger partial charge in [0.15, 0.2) is 0 Å². The minimum Gasteiger partial charge on any atom is -0.435 e. The normalized spacial score (nSPS) is 14.2. The third kappa shape index (κ3) is 10.5. The molecule has 0 aliphatic carbocycles. The number of benzene rings is 2. The number of ether oxygens (including phenoxy) is 1. The van der Waals surface area contributed by atoms with Crippen LogP contribution < -0.4 is 15.4 Å². The molecule has 1 saturated heterocycles. The Morgan fingerprint density at radius 2 is 1.66 bits per heavy atom. The molecule has 0 aromatic heterocycles. The maximum atomic E-state index is 12.5. The van der Waals surface area contributed by atoms with Crippen LogP contribution in [0.4, 0.5) is 19.3 Å². The monoisotopic (exact) mass is 568 g/mol. The number of hydrogen-bond donors (Lipinski definition) is 2. The van der Waals surface area contributed by atoms with Gasteiger partial charge in [-0.05, 0) is 67.4 Å². The molecular weight excluding hydrogens is 537 g/mol. The second-order valence-electron chi connectivity index (χ2n) is 8.87. The average Bonchev–Trinajstić information content (AvgIpc) is 2.90. The summed E-state index contributed by atoms with van der Waals surface area (Å²) in [4.78, 5) is 28.5. The second-order valence-corrected chi connectivity index (χ2v) is 9.69. The molecule has 0 atom stereocenters. The van der Waals surface area contributed by atoms with Gasteiger partial charge >= 0.3 is 12.6 Å². The van der Waals surface area contributed by atoms with Gasteiger partial charge in [0, 0.05) is 44.5 Å². The van der Waals surface area contributed by atoms with Gasteiger partial charge in [-0.15, -0.1) is 0 Å². The fourth-order valence-electron chi connectivity index (χ4n) is 3.97. The average molecular weight is 569 g/mol. The highest BCUT2D eigenvalue weighted by atomic mass is 35.5. The van der Waals surface area contributed by atoms with Crippen LogP contribution in [-0.4, -0.2) is 67.6 Å². The fraction of sp³-hybridized carbons (Fsp3) is 0.407. The van der Waals surface area contributed by atoms with Crippen molar-refractivity contribution in [2.75, 3.05) is 44.6 Å². The first-order valence-electron chi connectivity index (χ1n) is 12.5. The maximum absolute atomic E-state index is 12.5. The smallest absolute Gasteiger partial charge is 0.387 e. The van der Waals surface area contributed by atoms with Crippen molar-refractivity contribution in [2.45, 2.75) is 32.3 Å². The Balaban J connectivity index is 1.22. The van der Waals surface area contributed by atoms with Crippen molar-refractivity contribution in [2.24, 2.45) is 0 Å². The fourth-order valence-corrected chi connectivity index (χ4v) is 4.28. The van der Waals surface area contributed by atoms with Crippen LogP contribution in [0.25, 0.3) is 6.08 Å². The summed E-state index contributed by atoms with van der Waals surface area (Å²) in [5.74, 6) is -0.0967. The molecule has 11 heteroatoms. The summed E-state index contributed by atoms with van der Waals surface area (Å²) in [6, 6.07) is 10.8. The first-order valence-corrected chi connectivity index (χ1v) is 13.3. The van der Waals surface area contributed by atoms with Crippen LogP contribution in [0.1, 0.15) is 31.2 Å². The van der Waals surface area contributed by atoms with Gasteiger partial charge in [0.05, 0.1) is 10.0 Å². The molecule has 0 spiro atoms. The number of carbonyl (C=O) groups is 2. The van der Waals surface area contributed by atoms with Gasteiger partial charge in [-0.1, -0.05) is 42.1 Å². The number of anilines is 1. The highest BCUT2D eigenvalue weighted by Gasteiger charge is 2.20. The zero-order valence-electron chi connectivity index (χ0n) is 21.0. The summed E-state index contributed by atoms with van der Waals surface area (Å²) in [5.41, 5.74) is 1.34. The number of carbonyl (C=O) groups excluding carboxylic acids is 2. The van der Waals surface area contributed by atoms with Crippen LogP contribution in [-0.2, 0) is 4.79 Å². The molecule has 1 fully saturated rings. The first-order chi connectivity index (χ1) is 18.3. The number of nitrogens with one attached hydrogen (secondary N) is 2. The van der Waals surface area contributed by atoms with Crippen molar-refractivity contribution in [1.29, 1.82) is 0 Å². The molecule has 7 nitrogen and oxygen atoms in total. The SMILES string of the molecule is O=C(/C=C/c1ccc(Cl)c(Cl)c1)NCCCCCCN1CCN(C(=O)Nc2ccc(OC(F)F)cc2)CC1. The molecule has 2 aromatic rings. The Bertz CT molecular complexity index is 1080. The van der Waals surface area contributed by atoms with E-state index in [1.807, 2.05) is 0 Å². The Morgan fingerprint density at radius 3 is 2.34 bits per heavy atom. The zero-order valence-corrected chi connectivity index (χ0v) is 22.5.